The minimum absolute atomic E-state index is 0.0326. The highest BCUT2D eigenvalue weighted by molar-refractivity contribution is 7.15. The van der Waals surface area contributed by atoms with Crippen molar-refractivity contribution in [2.24, 2.45) is 0 Å². The van der Waals surface area contributed by atoms with Crippen LogP contribution in [0.15, 0.2) is 24.3 Å². The highest BCUT2D eigenvalue weighted by Gasteiger charge is 2.17. The zero-order valence-corrected chi connectivity index (χ0v) is 11.9. The number of aromatic nitrogens is 1. The van der Waals surface area contributed by atoms with E-state index in [2.05, 4.69) is 10.3 Å². The van der Waals surface area contributed by atoms with Crippen molar-refractivity contribution in [1.82, 2.24) is 4.98 Å². The predicted octanol–water partition coefficient (Wildman–Crippen LogP) is 3.47. The number of carbonyl (C=O) groups is 1. The quantitative estimate of drug-likeness (QED) is 0.941. The van der Waals surface area contributed by atoms with Gasteiger partial charge in [0.15, 0.2) is 5.13 Å². The van der Waals surface area contributed by atoms with E-state index in [0.29, 0.717) is 11.4 Å². The lowest BCUT2D eigenvalue weighted by atomic mass is 10.1. The number of anilines is 1. The van der Waals surface area contributed by atoms with Crippen LogP contribution < -0.4 is 5.32 Å². The molecule has 0 bridgehead atoms. The summed E-state index contributed by atoms with van der Waals surface area (Å²) >= 11 is 7.41. The molecule has 0 aliphatic heterocycles. The number of amides is 1. The Morgan fingerprint density at radius 1 is 1.32 bits per heavy atom. The second-order valence-corrected chi connectivity index (χ2v) is 6.11. The number of benzene rings is 1. The highest BCUT2D eigenvalue weighted by Crippen LogP contribution is 2.30. The van der Waals surface area contributed by atoms with Gasteiger partial charge in [0, 0.05) is 9.90 Å². The molecule has 98 valence electrons. The molecule has 1 amide bonds. The average molecular weight is 293 g/mol. The molecule has 3 rings (SSSR count). The van der Waals surface area contributed by atoms with Gasteiger partial charge in [0.2, 0.25) is 5.91 Å². The van der Waals surface area contributed by atoms with Gasteiger partial charge in [-0.3, -0.25) is 4.79 Å². The van der Waals surface area contributed by atoms with Crippen molar-refractivity contribution >= 4 is 34.0 Å². The molecule has 1 N–H and O–H groups in total. The number of halogens is 1. The monoisotopic (exact) mass is 292 g/mol. The number of nitrogens with zero attached hydrogens (tertiary/aromatic N) is 1. The first-order valence-electron chi connectivity index (χ1n) is 6.23. The van der Waals surface area contributed by atoms with Gasteiger partial charge in [-0.1, -0.05) is 23.7 Å². The van der Waals surface area contributed by atoms with Crippen LogP contribution in [0, 0.1) is 0 Å². The number of rotatable bonds is 3. The summed E-state index contributed by atoms with van der Waals surface area (Å²) in [5, 5.41) is 4.28. The van der Waals surface area contributed by atoms with Gasteiger partial charge in [-0.15, -0.1) is 11.3 Å². The van der Waals surface area contributed by atoms with Crippen molar-refractivity contribution in [3.8, 4) is 0 Å². The first-order valence-corrected chi connectivity index (χ1v) is 7.43. The Morgan fingerprint density at radius 2 is 2.11 bits per heavy atom. The first-order chi connectivity index (χ1) is 9.20. The number of thiazole rings is 1. The summed E-state index contributed by atoms with van der Waals surface area (Å²) in [4.78, 5) is 17.7. The summed E-state index contributed by atoms with van der Waals surface area (Å²) < 4.78 is 0. The molecule has 1 aromatic heterocycles. The SMILES string of the molecule is O=C(Cc1ccc(Cl)cc1)Nc1nc2c(s1)CCC2. The van der Waals surface area contributed by atoms with Crippen molar-refractivity contribution < 1.29 is 4.79 Å². The first kappa shape index (κ1) is 12.6. The lowest BCUT2D eigenvalue weighted by Crippen LogP contribution is -2.14. The zero-order chi connectivity index (χ0) is 13.2. The molecule has 3 nitrogen and oxygen atoms in total. The lowest BCUT2D eigenvalue weighted by molar-refractivity contribution is -0.115. The van der Waals surface area contributed by atoms with Crippen molar-refractivity contribution in [2.75, 3.05) is 5.32 Å². The number of carbonyl (C=O) groups excluding carboxylic acids is 1. The van der Waals surface area contributed by atoms with Crippen LogP contribution >= 0.6 is 22.9 Å². The van der Waals surface area contributed by atoms with Crippen LogP contribution in [0.5, 0.6) is 0 Å². The number of nitrogens with one attached hydrogen (secondary N) is 1. The molecule has 1 aromatic carbocycles. The zero-order valence-electron chi connectivity index (χ0n) is 10.3. The van der Waals surface area contributed by atoms with E-state index in [1.54, 1.807) is 23.5 Å². The molecule has 0 saturated carbocycles. The molecule has 0 unspecified atom stereocenters. The third-order valence-corrected chi connectivity index (χ3v) is 4.44. The third kappa shape index (κ3) is 2.96. The van der Waals surface area contributed by atoms with E-state index < -0.39 is 0 Å². The van der Waals surface area contributed by atoms with Crippen LogP contribution in [0.1, 0.15) is 22.6 Å². The van der Waals surface area contributed by atoms with E-state index in [4.69, 9.17) is 11.6 Å². The van der Waals surface area contributed by atoms with Gasteiger partial charge in [0.25, 0.3) is 0 Å². The molecule has 0 atom stereocenters. The fourth-order valence-corrected chi connectivity index (χ4v) is 3.39. The summed E-state index contributed by atoms with van der Waals surface area (Å²) in [7, 11) is 0. The summed E-state index contributed by atoms with van der Waals surface area (Å²) in [5.74, 6) is -0.0326. The molecule has 0 radical (unpaired) electrons. The van der Waals surface area contributed by atoms with Crippen molar-refractivity contribution in [2.45, 2.75) is 25.7 Å². The van der Waals surface area contributed by atoms with Crippen LogP contribution in [0.25, 0.3) is 0 Å². The molecule has 1 heterocycles. The van der Waals surface area contributed by atoms with Crippen LogP contribution in [0.3, 0.4) is 0 Å². The van der Waals surface area contributed by atoms with Gasteiger partial charge in [0.05, 0.1) is 12.1 Å². The molecule has 1 aliphatic rings. The fraction of sp³-hybridized carbons (Fsp3) is 0.286. The van der Waals surface area contributed by atoms with Gasteiger partial charge in [-0.25, -0.2) is 4.98 Å². The van der Waals surface area contributed by atoms with Crippen LogP contribution in [-0.4, -0.2) is 10.9 Å². The summed E-state index contributed by atoms with van der Waals surface area (Å²) in [6.07, 6.45) is 3.67. The standard InChI is InChI=1S/C14H13ClN2OS/c15-10-6-4-9(5-7-10)8-13(18)17-14-16-11-2-1-3-12(11)19-14/h4-7H,1-3,8H2,(H,16,17,18). The van der Waals surface area contributed by atoms with Crippen molar-refractivity contribution in [3.63, 3.8) is 0 Å². The maximum absolute atomic E-state index is 11.9. The van der Waals surface area contributed by atoms with Gasteiger partial charge in [0.1, 0.15) is 0 Å². The Bertz CT molecular complexity index is 585. The highest BCUT2D eigenvalue weighted by atomic mass is 35.5. The number of hydrogen-bond donors (Lipinski definition) is 1. The van der Waals surface area contributed by atoms with E-state index in [1.165, 1.54) is 11.3 Å². The lowest BCUT2D eigenvalue weighted by Gasteiger charge is -2.02. The Hall–Kier alpha value is -1.39. The van der Waals surface area contributed by atoms with E-state index in [9.17, 15) is 4.79 Å². The van der Waals surface area contributed by atoms with Crippen LogP contribution in [-0.2, 0) is 24.1 Å². The van der Waals surface area contributed by atoms with E-state index in [0.717, 1.165) is 29.2 Å². The third-order valence-electron chi connectivity index (χ3n) is 3.12. The van der Waals surface area contributed by atoms with Crippen molar-refractivity contribution in [1.29, 1.82) is 0 Å². The van der Waals surface area contributed by atoms with Gasteiger partial charge in [-0.05, 0) is 37.0 Å². The van der Waals surface area contributed by atoms with Gasteiger partial charge >= 0.3 is 0 Å². The second-order valence-electron chi connectivity index (χ2n) is 4.59. The Balaban J connectivity index is 1.63. The van der Waals surface area contributed by atoms with Gasteiger partial charge in [-0.2, -0.15) is 0 Å². The molecule has 0 spiro atoms. The summed E-state index contributed by atoms with van der Waals surface area (Å²) in [6, 6.07) is 7.32. The normalized spacial score (nSPS) is 13.3. The number of aryl methyl sites for hydroxylation is 2. The number of fused-ring (bicyclic) bond motifs is 1. The summed E-state index contributed by atoms with van der Waals surface area (Å²) in [5.41, 5.74) is 2.11. The molecule has 5 heteroatoms. The average Bonchev–Trinajstić information content (AvgIpc) is 2.92. The smallest absolute Gasteiger partial charge is 0.230 e. The van der Waals surface area contributed by atoms with E-state index in [1.807, 2.05) is 12.1 Å². The molecular weight excluding hydrogens is 280 g/mol. The largest absolute Gasteiger partial charge is 0.302 e. The topological polar surface area (TPSA) is 42.0 Å². The number of hydrogen-bond acceptors (Lipinski definition) is 3. The molecule has 0 saturated heterocycles. The minimum Gasteiger partial charge on any atom is -0.302 e. The van der Waals surface area contributed by atoms with Crippen molar-refractivity contribution in [3.05, 3.63) is 45.4 Å². The molecule has 2 aromatic rings. The fourth-order valence-electron chi connectivity index (χ4n) is 2.19. The van der Waals surface area contributed by atoms with Crippen LogP contribution in [0.4, 0.5) is 5.13 Å². The molecule has 1 aliphatic carbocycles. The van der Waals surface area contributed by atoms with Gasteiger partial charge < -0.3 is 5.32 Å². The van der Waals surface area contributed by atoms with Crippen LogP contribution in [0.2, 0.25) is 5.02 Å². The predicted molar refractivity (Wildman–Crippen MR) is 77.9 cm³/mol. The maximum atomic E-state index is 11.9. The Kier molecular flexibility index (Phi) is 3.53. The minimum atomic E-state index is -0.0326. The molecule has 19 heavy (non-hydrogen) atoms. The molecular formula is C14H13ClN2OS. The second kappa shape index (κ2) is 5.31. The van der Waals surface area contributed by atoms with E-state index in [-0.39, 0.29) is 5.91 Å². The maximum Gasteiger partial charge on any atom is 0.230 e. The summed E-state index contributed by atoms with van der Waals surface area (Å²) in [6.45, 7) is 0. The molecule has 0 fully saturated rings. The Morgan fingerprint density at radius 3 is 2.84 bits per heavy atom. The van der Waals surface area contributed by atoms with E-state index >= 15 is 0 Å². The Labute approximate surface area is 120 Å².